The zero-order chi connectivity index (χ0) is 9.47. The Morgan fingerprint density at radius 2 is 2.08 bits per heavy atom. The van der Waals surface area contributed by atoms with E-state index in [4.69, 9.17) is 9.47 Å². The largest absolute Gasteiger partial charge is 0.449 e. The van der Waals surface area contributed by atoms with E-state index in [2.05, 4.69) is 6.92 Å². The van der Waals surface area contributed by atoms with Crippen LogP contribution in [0.15, 0.2) is 18.2 Å². The van der Waals surface area contributed by atoms with Gasteiger partial charge in [-0.05, 0) is 18.6 Å². The lowest BCUT2D eigenvalue weighted by Crippen LogP contribution is -2.33. The molecule has 0 saturated heterocycles. The van der Waals surface area contributed by atoms with Crippen molar-refractivity contribution in [3.63, 3.8) is 0 Å². The fourth-order valence-electron chi connectivity index (χ4n) is 1.45. The number of hydrogen-bond acceptors (Lipinski definition) is 2. The highest BCUT2D eigenvalue weighted by atomic mass is 16.7. The highest BCUT2D eigenvalue weighted by Gasteiger charge is 2.35. The average molecular weight is 178 g/mol. The second kappa shape index (κ2) is 2.66. The third-order valence-corrected chi connectivity index (χ3v) is 2.46. The molecule has 0 N–H and O–H groups in total. The Bertz CT molecular complexity index is 333. The molecule has 1 aliphatic heterocycles. The van der Waals surface area contributed by atoms with Crippen molar-refractivity contribution in [3.8, 4) is 11.5 Å². The van der Waals surface area contributed by atoms with Gasteiger partial charge in [-0.3, -0.25) is 0 Å². The van der Waals surface area contributed by atoms with Crippen LogP contribution < -0.4 is 9.47 Å². The van der Waals surface area contributed by atoms with Gasteiger partial charge in [0.15, 0.2) is 11.5 Å². The lowest BCUT2D eigenvalue weighted by molar-refractivity contribution is -0.0642. The summed E-state index contributed by atoms with van der Waals surface area (Å²) in [5, 5.41) is 0. The van der Waals surface area contributed by atoms with E-state index in [1.165, 1.54) is 0 Å². The first-order valence-electron chi connectivity index (χ1n) is 4.62. The number of benzene rings is 1. The van der Waals surface area contributed by atoms with Crippen molar-refractivity contribution in [2.24, 2.45) is 0 Å². The van der Waals surface area contributed by atoms with E-state index in [-0.39, 0.29) is 0 Å². The zero-order valence-electron chi connectivity index (χ0n) is 8.26. The number of rotatable bonds is 1. The summed E-state index contributed by atoms with van der Waals surface area (Å²) < 4.78 is 11.5. The molecule has 1 aliphatic rings. The minimum Gasteiger partial charge on any atom is -0.449 e. The SMILES string of the molecule is CC[C@@]1(C)Oc2cccc(C)c2O1. The van der Waals surface area contributed by atoms with Crippen LogP contribution in [0.4, 0.5) is 0 Å². The number of fused-ring (bicyclic) bond motifs is 1. The van der Waals surface area contributed by atoms with Gasteiger partial charge in [0.1, 0.15) is 0 Å². The summed E-state index contributed by atoms with van der Waals surface area (Å²) in [6.07, 6.45) is 0.848. The topological polar surface area (TPSA) is 18.5 Å². The summed E-state index contributed by atoms with van der Waals surface area (Å²) in [4.78, 5) is 0. The molecule has 0 aromatic heterocycles. The Balaban J connectivity index is 2.40. The number of aryl methyl sites for hydroxylation is 1. The van der Waals surface area contributed by atoms with Gasteiger partial charge in [0.2, 0.25) is 5.79 Å². The Morgan fingerprint density at radius 3 is 2.69 bits per heavy atom. The van der Waals surface area contributed by atoms with Gasteiger partial charge < -0.3 is 9.47 Å². The number of hydrogen-bond donors (Lipinski definition) is 0. The molecule has 0 fully saturated rings. The summed E-state index contributed by atoms with van der Waals surface area (Å²) in [5.41, 5.74) is 1.13. The normalized spacial score (nSPS) is 24.8. The molecule has 0 unspecified atom stereocenters. The van der Waals surface area contributed by atoms with Crippen molar-refractivity contribution in [2.45, 2.75) is 33.0 Å². The van der Waals surface area contributed by atoms with Crippen molar-refractivity contribution < 1.29 is 9.47 Å². The fourth-order valence-corrected chi connectivity index (χ4v) is 1.45. The first-order valence-corrected chi connectivity index (χ1v) is 4.62. The molecule has 1 aromatic rings. The molecule has 13 heavy (non-hydrogen) atoms. The molecule has 0 spiro atoms. The minimum atomic E-state index is -0.464. The highest BCUT2D eigenvalue weighted by molar-refractivity contribution is 5.48. The molecular formula is C11H14O2. The molecule has 2 rings (SSSR count). The molecule has 70 valence electrons. The van der Waals surface area contributed by atoms with Crippen LogP contribution in [-0.2, 0) is 0 Å². The van der Waals surface area contributed by atoms with E-state index in [9.17, 15) is 0 Å². The Hall–Kier alpha value is -1.18. The van der Waals surface area contributed by atoms with Gasteiger partial charge in [-0.15, -0.1) is 0 Å². The van der Waals surface area contributed by atoms with Gasteiger partial charge in [-0.1, -0.05) is 19.1 Å². The lowest BCUT2D eigenvalue weighted by atomic mass is 10.2. The average Bonchev–Trinajstić information content (AvgIpc) is 2.45. The highest BCUT2D eigenvalue weighted by Crippen LogP contribution is 2.42. The molecule has 1 atom stereocenters. The minimum absolute atomic E-state index is 0.464. The van der Waals surface area contributed by atoms with Crippen molar-refractivity contribution in [1.82, 2.24) is 0 Å². The van der Waals surface area contributed by atoms with Crippen LogP contribution >= 0.6 is 0 Å². The maximum Gasteiger partial charge on any atom is 0.248 e. The van der Waals surface area contributed by atoms with Crippen LogP contribution in [-0.4, -0.2) is 5.79 Å². The molecule has 1 heterocycles. The second-order valence-electron chi connectivity index (χ2n) is 3.59. The predicted molar refractivity (Wildman–Crippen MR) is 51.1 cm³/mol. The first-order chi connectivity index (χ1) is 6.14. The molecule has 0 amide bonds. The van der Waals surface area contributed by atoms with Crippen LogP contribution in [0.1, 0.15) is 25.8 Å². The van der Waals surface area contributed by atoms with E-state index in [0.29, 0.717) is 0 Å². The maximum absolute atomic E-state index is 5.75. The van der Waals surface area contributed by atoms with E-state index in [0.717, 1.165) is 23.5 Å². The predicted octanol–water partition coefficient (Wildman–Crippen LogP) is 2.89. The fraction of sp³-hybridized carbons (Fsp3) is 0.455. The quantitative estimate of drug-likeness (QED) is 0.658. The molecule has 0 radical (unpaired) electrons. The molecule has 2 nitrogen and oxygen atoms in total. The van der Waals surface area contributed by atoms with Gasteiger partial charge in [-0.2, -0.15) is 0 Å². The van der Waals surface area contributed by atoms with Crippen molar-refractivity contribution in [1.29, 1.82) is 0 Å². The van der Waals surface area contributed by atoms with Crippen LogP contribution in [0, 0.1) is 6.92 Å². The molecule has 0 saturated carbocycles. The van der Waals surface area contributed by atoms with Gasteiger partial charge in [0, 0.05) is 13.3 Å². The van der Waals surface area contributed by atoms with Crippen LogP contribution in [0.5, 0.6) is 11.5 Å². The third kappa shape index (κ3) is 1.26. The number of para-hydroxylation sites is 1. The van der Waals surface area contributed by atoms with Crippen LogP contribution in [0.3, 0.4) is 0 Å². The summed E-state index contributed by atoms with van der Waals surface area (Å²) in [6.45, 7) is 6.05. The Morgan fingerprint density at radius 1 is 1.31 bits per heavy atom. The standard InChI is InChI=1S/C11H14O2/c1-4-11(3)12-9-7-5-6-8(2)10(9)13-11/h5-7H,4H2,1-3H3/t11-/m0/s1. The molecule has 0 aliphatic carbocycles. The molecule has 1 aromatic carbocycles. The van der Waals surface area contributed by atoms with Crippen molar-refractivity contribution in [2.75, 3.05) is 0 Å². The third-order valence-electron chi connectivity index (χ3n) is 2.46. The first kappa shape index (κ1) is 8.42. The van der Waals surface area contributed by atoms with Crippen LogP contribution in [0.2, 0.25) is 0 Å². The summed E-state index contributed by atoms with van der Waals surface area (Å²) in [7, 11) is 0. The summed E-state index contributed by atoms with van der Waals surface area (Å²) >= 11 is 0. The Labute approximate surface area is 78.5 Å². The zero-order valence-corrected chi connectivity index (χ0v) is 8.26. The summed E-state index contributed by atoms with van der Waals surface area (Å²) in [5.74, 6) is 1.30. The van der Waals surface area contributed by atoms with Gasteiger partial charge >= 0.3 is 0 Å². The smallest absolute Gasteiger partial charge is 0.248 e. The monoisotopic (exact) mass is 178 g/mol. The van der Waals surface area contributed by atoms with Crippen molar-refractivity contribution >= 4 is 0 Å². The Kier molecular flexibility index (Phi) is 1.72. The second-order valence-corrected chi connectivity index (χ2v) is 3.59. The van der Waals surface area contributed by atoms with E-state index < -0.39 is 5.79 Å². The van der Waals surface area contributed by atoms with E-state index in [1.54, 1.807) is 0 Å². The maximum atomic E-state index is 5.75. The van der Waals surface area contributed by atoms with Gasteiger partial charge in [-0.25, -0.2) is 0 Å². The lowest BCUT2D eigenvalue weighted by Gasteiger charge is -2.20. The van der Waals surface area contributed by atoms with Gasteiger partial charge in [0.05, 0.1) is 0 Å². The summed E-state index contributed by atoms with van der Waals surface area (Å²) in [6, 6.07) is 5.96. The molecular weight excluding hydrogens is 164 g/mol. The van der Waals surface area contributed by atoms with Crippen LogP contribution in [0.25, 0.3) is 0 Å². The van der Waals surface area contributed by atoms with E-state index in [1.807, 2.05) is 32.0 Å². The molecule has 2 heteroatoms. The van der Waals surface area contributed by atoms with Gasteiger partial charge in [0.25, 0.3) is 0 Å². The van der Waals surface area contributed by atoms with Crippen molar-refractivity contribution in [3.05, 3.63) is 23.8 Å². The number of ether oxygens (including phenoxy) is 2. The van der Waals surface area contributed by atoms with E-state index >= 15 is 0 Å². The molecule has 0 bridgehead atoms.